The van der Waals surface area contributed by atoms with Crippen LogP contribution in [0.1, 0.15) is 24.2 Å². The van der Waals surface area contributed by atoms with Gasteiger partial charge in [-0.05, 0) is 57.8 Å². The van der Waals surface area contributed by atoms with Crippen molar-refractivity contribution >= 4 is 53.5 Å². The zero-order valence-corrected chi connectivity index (χ0v) is 15.6. The number of aromatic nitrogens is 2. The predicted octanol–water partition coefficient (Wildman–Crippen LogP) is 5.19. The van der Waals surface area contributed by atoms with E-state index in [1.165, 1.54) is 5.56 Å². The Labute approximate surface area is 138 Å². The van der Waals surface area contributed by atoms with Crippen molar-refractivity contribution in [2.45, 2.75) is 19.9 Å². The molecule has 1 N–H and O–H groups in total. The zero-order chi connectivity index (χ0) is 14.2. The van der Waals surface area contributed by atoms with Crippen LogP contribution < -0.4 is 5.32 Å². The summed E-state index contributed by atoms with van der Waals surface area (Å²) in [5, 5.41) is 7.89. The average Bonchev–Trinajstić information content (AvgIpc) is 2.62. The third-order valence-electron chi connectivity index (χ3n) is 2.89. The van der Waals surface area contributed by atoms with Gasteiger partial charge in [0.25, 0.3) is 0 Å². The quantitative estimate of drug-likeness (QED) is 0.696. The first-order valence-corrected chi connectivity index (χ1v) is 8.17. The molecule has 2 aromatic rings. The van der Waals surface area contributed by atoms with Crippen LogP contribution in [-0.2, 0) is 7.05 Å². The Morgan fingerprint density at radius 2 is 1.79 bits per heavy atom. The fourth-order valence-corrected chi connectivity index (χ4v) is 4.50. The first kappa shape index (κ1) is 15.1. The van der Waals surface area contributed by atoms with Gasteiger partial charge in [-0.25, -0.2) is 0 Å². The van der Waals surface area contributed by atoms with Crippen molar-refractivity contribution in [1.29, 1.82) is 0 Å². The monoisotopic (exact) mass is 449 g/mol. The molecule has 0 aliphatic carbocycles. The summed E-state index contributed by atoms with van der Waals surface area (Å²) < 4.78 is 4.90. The molecule has 1 atom stereocenters. The molecule has 0 saturated heterocycles. The molecule has 6 heteroatoms. The molecule has 3 nitrogen and oxygen atoms in total. The summed E-state index contributed by atoms with van der Waals surface area (Å²) in [6.07, 6.45) is 2.05. The minimum absolute atomic E-state index is 0.183. The van der Waals surface area contributed by atoms with Crippen LogP contribution in [0.4, 0.5) is 5.69 Å². The number of halogens is 3. The van der Waals surface area contributed by atoms with E-state index in [9.17, 15) is 0 Å². The van der Waals surface area contributed by atoms with Gasteiger partial charge in [-0.1, -0.05) is 15.9 Å². The standard InChI is InChI=1S/C13H14Br3N3/c1-7(10-6-19(3)18-8(10)2)17-13-11(15)4-9(14)5-12(13)16/h4-7,17H,1-3H3. The van der Waals surface area contributed by atoms with Crippen LogP contribution in [0.15, 0.2) is 31.7 Å². The molecule has 0 spiro atoms. The van der Waals surface area contributed by atoms with Gasteiger partial charge in [0.2, 0.25) is 0 Å². The summed E-state index contributed by atoms with van der Waals surface area (Å²) >= 11 is 10.6. The van der Waals surface area contributed by atoms with Gasteiger partial charge in [0.05, 0.1) is 17.4 Å². The number of nitrogens with one attached hydrogen (secondary N) is 1. The summed E-state index contributed by atoms with van der Waals surface area (Å²) in [4.78, 5) is 0. The van der Waals surface area contributed by atoms with Crippen LogP contribution in [0.25, 0.3) is 0 Å². The van der Waals surface area contributed by atoms with Gasteiger partial charge in [-0.3, -0.25) is 4.68 Å². The zero-order valence-electron chi connectivity index (χ0n) is 10.8. The summed E-state index contributed by atoms with van der Waals surface area (Å²) in [5.74, 6) is 0. The Hall–Kier alpha value is -0.330. The average molecular weight is 452 g/mol. The molecule has 102 valence electrons. The van der Waals surface area contributed by atoms with Crippen LogP contribution in [0.2, 0.25) is 0 Å². The number of aryl methyl sites for hydroxylation is 2. The molecule has 0 aliphatic rings. The highest BCUT2D eigenvalue weighted by Crippen LogP contribution is 2.36. The van der Waals surface area contributed by atoms with Crippen molar-refractivity contribution in [3.63, 3.8) is 0 Å². The fraction of sp³-hybridized carbons (Fsp3) is 0.308. The van der Waals surface area contributed by atoms with E-state index in [4.69, 9.17) is 0 Å². The molecule has 0 aliphatic heterocycles. The van der Waals surface area contributed by atoms with Gasteiger partial charge in [0.1, 0.15) is 0 Å². The van der Waals surface area contributed by atoms with Crippen LogP contribution in [0, 0.1) is 6.92 Å². The lowest BCUT2D eigenvalue weighted by Gasteiger charge is -2.17. The number of rotatable bonds is 3. The van der Waals surface area contributed by atoms with Crippen molar-refractivity contribution in [2.24, 2.45) is 7.05 Å². The molecule has 0 bridgehead atoms. The molecular weight excluding hydrogens is 438 g/mol. The Kier molecular flexibility index (Phi) is 4.74. The van der Waals surface area contributed by atoms with E-state index >= 15 is 0 Å². The Morgan fingerprint density at radius 3 is 2.26 bits per heavy atom. The van der Waals surface area contributed by atoms with E-state index in [-0.39, 0.29) is 6.04 Å². The van der Waals surface area contributed by atoms with Crippen LogP contribution in [0.3, 0.4) is 0 Å². The van der Waals surface area contributed by atoms with E-state index in [1.54, 1.807) is 0 Å². The van der Waals surface area contributed by atoms with Crippen molar-refractivity contribution in [3.05, 3.63) is 43.0 Å². The van der Waals surface area contributed by atoms with Crippen LogP contribution in [0.5, 0.6) is 0 Å². The molecule has 1 heterocycles. The van der Waals surface area contributed by atoms with Crippen LogP contribution >= 0.6 is 47.8 Å². The molecule has 19 heavy (non-hydrogen) atoms. The van der Waals surface area contributed by atoms with E-state index in [0.717, 1.165) is 24.8 Å². The van der Waals surface area contributed by atoms with Gasteiger partial charge in [-0.2, -0.15) is 5.10 Å². The number of anilines is 1. The SMILES string of the molecule is Cc1nn(C)cc1C(C)Nc1c(Br)cc(Br)cc1Br. The highest BCUT2D eigenvalue weighted by Gasteiger charge is 2.15. The second-order valence-electron chi connectivity index (χ2n) is 4.45. The summed E-state index contributed by atoms with van der Waals surface area (Å²) in [6, 6.07) is 4.23. The highest BCUT2D eigenvalue weighted by atomic mass is 79.9. The molecule has 1 unspecified atom stereocenters. The third kappa shape index (κ3) is 3.41. The van der Waals surface area contributed by atoms with Gasteiger partial charge in [0.15, 0.2) is 0 Å². The highest BCUT2D eigenvalue weighted by molar-refractivity contribution is 9.11. The molecule has 2 rings (SSSR count). The van der Waals surface area contributed by atoms with Crippen LogP contribution in [-0.4, -0.2) is 9.78 Å². The molecule has 0 saturated carbocycles. The number of hydrogen-bond acceptors (Lipinski definition) is 2. The van der Waals surface area contributed by atoms with Crippen molar-refractivity contribution < 1.29 is 0 Å². The number of benzene rings is 1. The van der Waals surface area contributed by atoms with Gasteiger partial charge >= 0.3 is 0 Å². The van der Waals surface area contributed by atoms with Gasteiger partial charge < -0.3 is 5.32 Å². The molecule has 1 aromatic heterocycles. The maximum Gasteiger partial charge on any atom is 0.0646 e. The van der Waals surface area contributed by atoms with E-state index in [0.29, 0.717) is 0 Å². The van der Waals surface area contributed by atoms with Crippen molar-refractivity contribution in [3.8, 4) is 0 Å². The Balaban J connectivity index is 2.29. The maximum atomic E-state index is 4.38. The lowest BCUT2D eigenvalue weighted by Crippen LogP contribution is -2.08. The van der Waals surface area contributed by atoms with E-state index in [1.807, 2.05) is 37.0 Å². The van der Waals surface area contributed by atoms with E-state index in [2.05, 4.69) is 65.1 Å². The van der Waals surface area contributed by atoms with Gasteiger partial charge in [-0.15, -0.1) is 0 Å². The topological polar surface area (TPSA) is 29.9 Å². The first-order chi connectivity index (χ1) is 8.88. The smallest absolute Gasteiger partial charge is 0.0646 e. The summed E-state index contributed by atoms with van der Waals surface area (Å²) in [7, 11) is 1.94. The molecule has 0 amide bonds. The summed E-state index contributed by atoms with van der Waals surface area (Å²) in [5.41, 5.74) is 3.29. The lowest BCUT2D eigenvalue weighted by molar-refractivity contribution is 0.756. The Morgan fingerprint density at radius 1 is 1.21 bits per heavy atom. The first-order valence-electron chi connectivity index (χ1n) is 5.79. The fourth-order valence-electron chi connectivity index (χ4n) is 2.02. The largest absolute Gasteiger partial charge is 0.377 e. The minimum atomic E-state index is 0.183. The molecule has 0 fully saturated rings. The maximum absolute atomic E-state index is 4.38. The molecule has 1 aromatic carbocycles. The Bertz CT molecular complexity index is 584. The number of hydrogen-bond donors (Lipinski definition) is 1. The number of nitrogens with zero attached hydrogens (tertiary/aromatic N) is 2. The molecular formula is C13H14Br3N3. The summed E-state index contributed by atoms with van der Waals surface area (Å²) in [6.45, 7) is 4.16. The molecule has 0 radical (unpaired) electrons. The third-order valence-corrected chi connectivity index (χ3v) is 4.59. The normalized spacial score (nSPS) is 12.5. The second kappa shape index (κ2) is 5.97. The van der Waals surface area contributed by atoms with Gasteiger partial charge in [0, 0.05) is 32.2 Å². The predicted molar refractivity (Wildman–Crippen MR) is 89.5 cm³/mol. The second-order valence-corrected chi connectivity index (χ2v) is 7.08. The lowest BCUT2D eigenvalue weighted by atomic mass is 10.1. The van der Waals surface area contributed by atoms with Crippen molar-refractivity contribution in [2.75, 3.05) is 5.32 Å². The minimum Gasteiger partial charge on any atom is -0.377 e. The van der Waals surface area contributed by atoms with Crippen molar-refractivity contribution in [1.82, 2.24) is 9.78 Å². The van der Waals surface area contributed by atoms with E-state index < -0.39 is 0 Å².